The monoisotopic (exact) mass is 422 g/mol. The van der Waals surface area contributed by atoms with Crippen LogP contribution < -0.4 is 10.6 Å². The summed E-state index contributed by atoms with van der Waals surface area (Å²) in [5, 5.41) is 16.7. The molecule has 6 nitrogen and oxygen atoms in total. The van der Waals surface area contributed by atoms with Gasteiger partial charge in [0.15, 0.2) is 0 Å². The average Bonchev–Trinajstić information content (AvgIpc) is 2.72. The van der Waals surface area contributed by atoms with E-state index in [0.717, 1.165) is 16.3 Å². The zero-order valence-corrected chi connectivity index (χ0v) is 17.0. The van der Waals surface area contributed by atoms with Crippen molar-refractivity contribution in [2.75, 3.05) is 0 Å². The standard InChI is InChI=1S/C24H23FN2O4/c1-15(28)26-21(13-16-5-4-8-20(25)12-16)23(29)27-22(24(30)31)14-17-9-10-18-6-2-3-7-19(18)11-17/h2-12,21-22H,13-14H2,1H3,(H,26,28)(H,27,29)(H,30,31)/t21-,22+/m1/s1. The van der Waals surface area contributed by atoms with Gasteiger partial charge in [-0.2, -0.15) is 0 Å². The predicted octanol–water partition coefficient (Wildman–Crippen LogP) is 2.84. The second-order valence-electron chi connectivity index (χ2n) is 7.37. The van der Waals surface area contributed by atoms with Crippen molar-refractivity contribution < 1.29 is 23.9 Å². The summed E-state index contributed by atoms with van der Waals surface area (Å²) < 4.78 is 13.5. The second-order valence-corrected chi connectivity index (χ2v) is 7.37. The molecule has 7 heteroatoms. The molecule has 160 valence electrons. The number of benzene rings is 3. The quantitative estimate of drug-likeness (QED) is 0.520. The molecule has 0 bridgehead atoms. The minimum Gasteiger partial charge on any atom is -0.480 e. The fourth-order valence-corrected chi connectivity index (χ4v) is 3.43. The summed E-state index contributed by atoms with van der Waals surface area (Å²) in [6.07, 6.45) is 0.115. The number of hydrogen-bond acceptors (Lipinski definition) is 3. The normalized spacial score (nSPS) is 12.7. The number of carboxylic acids is 1. The van der Waals surface area contributed by atoms with Crippen molar-refractivity contribution in [2.24, 2.45) is 0 Å². The number of carbonyl (C=O) groups is 3. The molecule has 2 amide bonds. The lowest BCUT2D eigenvalue weighted by Crippen LogP contribution is -2.52. The minimum absolute atomic E-state index is 0.0332. The number of nitrogens with one attached hydrogen (secondary N) is 2. The van der Waals surface area contributed by atoms with Gasteiger partial charge in [-0.15, -0.1) is 0 Å². The third-order valence-electron chi connectivity index (χ3n) is 4.89. The summed E-state index contributed by atoms with van der Waals surface area (Å²) in [6, 6.07) is 16.8. The Hall–Kier alpha value is -3.74. The Bertz CT molecular complexity index is 1120. The number of aliphatic carboxylic acids is 1. The van der Waals surface area contributed by atoms with E-state index in [4.69, 9.17) is 0 Å². The first kappa shape index (κ1) is 22.0. The van der Waals surface area contributed by atoms with Crippen LogP contribution in [0.25, 0.3) is 10.8 Å². The van der Waals surface area contributed by atoms with E-state index in [9.17, 15) is 23.9 Å². The molecule has 0 fully saturated rings. The Morgan fingerprint density at radius 2 is 1.52 bits per heavy atom. The van der Waals surface area contributed by atoms with Gasteiger partial charge in [0, 0.05) is 19.8 Å². The van der Waals surface area contributed by atoms with Gasteiger partial charge in [-0.1, -0.05) is 54.6 Å². The molecular weight excluding hydrogens is 399 g/mol. The first-order chi connectivity index (χ1) is 14.8. The third-order valence-corrected chi connectivity index (χ3v) is 4.89. The zero-order valence-electron chi connectivity index (χ0n) is 17.0. The van der Waals surface area contributed by atoms with Crippen LogP contribution in [0.3, 0.4) is 0 Å². The lowest BCUT2D eigenvalue weighted by atomic mass is 10.0. The van der Waals surface area contributed by atoms with Gasteiger partial charge in [0.1, 0.15) is 17.9 Å². The SMILES string of the molecule is CC(=O)N[C@H](Cc1cccc(F)c1)C(=O)N[C@@H](Cc1ccc2ccccc2c1)C(=O)O. The maximum absolute atomic E-state index is 13.5. The van der Waals surface area contributed by atoms with Crippen LogP contribution in [-0.4, -0.2) is 35.0 Å². The van der Waals surface area contributed by atoms with E-state index in [2.05, 4.69) is 10.6 Å². The maximum atomic E-state index is 13.5. The molecule has 3 aromatic carbocycles. The van der Waals surface area contributed by atoms with Crippen molar-refractivity contribution in [2.45, 2.75) is 31.8 Å². The van der Waals surface area contributed by atoms with Gasteiger partial charge >= 0.3 is 5.97 Å². The van der Waals surface area contributed by atoms with Gasteiger partial charge in [-0.25, -0.2) is 9.18 Å². The van der Waals surface area contributed by atoms with Crippen molar-refractivity contribution >= 4 is 28.6 Å². The van der Waals surface area contributed by atoms with Crippen LogP contribution in [-0.2, 0) is 27.2 Å². The van der Waals surface area contributed by atoms with Crippen LogP contribution in [0.4, 0.5) is 4.39 Å². The number of carboxylic acid groups (broad SMARTS) is 1. The Morgan fingerprint density at radius 3 is 2.19 bits per heavy atom. The molecule has 0 aliphatic heterocycles. The summed E-state index contributed by atoms with van der Waals surface area (Å²) in [7, 11) is 0. The molecule has 0 radical (unpaired) electrons. The Labute approximate surface area is 179 Å². The smallest absolute Gasteiger partial charge is 0.326 e. The first-order valence-corrected chi connectivity index (χ1v) is 9.84. The van der Waals surface area contributed by atoms with Crippen molar-refractivity contribution in [3.8, 4) is 0 Å². The topological polar surface area (TPSA) is 95.5 Å². The summed E-state index contributed by atoms with van der Waals surface area (Å²) >= 11 is 0. The van der Waals surface area contributed by atoms with E-state index >= 15 is 0 Å². The van der Waals surface area contributed by atoms with Crippen LogP contribution >= 0.6 is 0 Å². The van der Waals surface area contributed by atoms with E-state index < -0.39 is 35.7 Å². The van der Waals surface area contributed by atoms with Gasteiger partial charge < -0.3 is 15.7 Å². The van der Waals surface area contributed by atoms with Gasteiger partial charge in [0.25, 0.3) is 0 Å². The number of carbonyl (C=O) groups excluding carboxylic acids is 2. The molecule has 0 unspecified atom stereocenters. The Morgan fingerprint density at radius 1 is 0.839 bits per heavy atom. The molecule has 0 heterocycles. The van der Waals surface area contributed by atoms with E-state index in [1.54, 1.807) is 6.07 Å². The predicted molar refractivity (Wildman–Crippen MR) is 115 cm³/mol. The minimum atomic E-state index is -1.19. The second kappa shape index (κ2) is 9.84. The van der Waals surface area contributed by atoms with E-state index in [0.29, 0.717) is 5.56 Å². The molecule has 2 atom stereocenters. The largest absolute Gasteiger partial charge is 0.480 e. The van der Waals surface area contributed by atoms with Crippen LogP contribution in [0.15, 0.2) is 66.7 Å². The van der Waals surface area contributed by atoms with Crippen molar-refractivity contribution in [3.05, 3.63) is 83.7 Å². The molecule has 3 N–H and O–H groups in total. The molecule has 3 aromatic rings. The van der Waals surface area contributed by atoms with Gasteiger partial charge in [-0.3, -0.25) is 9.59 Å². The van der Waals surface area contributed by atoms with Crippen LogP contribution in [0.1, 0.15) is 18.1 Å². The lowest BCUT2D eigenvalue weighted by molar-refractivity contribution is -0.142. The van der Waals surface area contributed by atoms with Crippen molar-refractivity contribution in [1.29, 1.82) is 0 Å². The third kappa shape index (κ3) is 6.12. The zero-order chi connectivity index (χ0) is 22.4. The van der Waals surface area contributed by atoms with Crippen molar-refractivity contribution in [1.82, 2.24) is 10.6 Å². The highest BCUT2D eigenvalue weighted by Crippen LogP contribution is 2.17. The van der Waals surface area contributed by atoms with E-state index in [-0.39, 0.29) is 12.8 Å². The maximum Gasteiger partial charge on any atom is 0.326 e. The Balaban J connectivity index is 1.75. The highest BCUT2D eigenvalue weighted by atomic mass is 19.1. The number of hydrogen-bond donors (Lipinski definition) is 3. The van der Waals surface area contributed by atoms with E-state index in [1.807, 2.05) is 42.5 Å². The lowest BCUT2D eigenvalue weighted by Gasteiger charge is -2.21. The fourth-order valence-electron chi connectivity index (χ4n) is 3.43. The number of rotatable bonds is 8. The van der Waals surface area contributed by atoms with Gasteiger partial charge in [0.05, 0.1) is 0 Å². The summed E-state index contributed by atoms with van der Waals surface area (Å²) in [5.74, 6) is -2.74. The number of fused-ring (bicyclic) bond motifs is 1. The number of halogens is 1. The fraction of sp³-hybridized carbons (Fsp3) is 0.208. The summed E-state index contributed by atoms with van der Waals surface area (Å²) in [4.78, 5) is 36.2. The van der Waals surface area contributed by atoms with Crippen molar-refractivity contribution in [3.63, 3.8) is 0 Å². The first-order valence-electron chi connectivity index (χ1n) is 9.84. The molecule has 0 aromatic heterocycles. The van der Waals surface area contributed by atoms with Gasteiger partial charge in [-0.05, 0) is 34.0 Å². The molecule has 0 aliphatic rings. The van der Waals surface area contributed by atoms with Crippen LogP contribution in [0, 0.1) is 5.82 Å². The number of amides is 2. The van der Waals surface area contributed by atoms with Crippen LogP contribution in [0.5, 0.6) is 0 Å². The molecule has 0 saturated carbocycles. The highest BCUT2D eigenvalue weighted by molar-refractivity contribution is 5.90. The summed E-state index contributed by atoms with van der Waals surface area (Å²) in [6.45, 7) is 1.26. The molecule has 0 saturated heterocycles. The Kier molecular flexibility index (Phi) is 6.97. The average molecular weight is 422 g/mol. The highest BCUT2D eigenvalue weighted by Gasteiger charge is 2.26. The van der Waals surface area contributed by atoms with Gasteiger partial charge in [0.2, 0.25) is 11.8 Å². The molecular formula is C24H23FN2O4. The molecule has 31 heavy (non-hydrogen) atoms. The molecule has 0 spiro atoms. The molecule has 0 aliphatic carbocycles. The summed E-state index contributed by atoms with van der Waals surface area (Å²) in [5.41, 5.74) is 1.27. The van der Waals surface area contributed by atoms with E-state index in [1.165, 1.54) is 25.1 Å². The van der Waals surface area contributed by atoms with Crippen LogP contribution in [0.2, 0.25) is 0 Å². The molecule has 3 rings (SSSR count).